The minimum atomic E-state index is -0.255. The van der Waals surface area contributed by atoms with Gasteiger partial charge in [-0.05, 0) is 0 Å². The molecular formula is C11H18N3O3+. The zero-order valence-electron chi connectivity index (χ0n) is 9.94. The highest BCUT2D eigenvalue weighted by atomic mass is 16.2. The summed E-state index contributed by atoms with van der Waals surface area (Å²) in [7, 11) is 1.53. The fraction of sp³-hybridized carbons (Fsp3) is 0.727. The third-order valence-electron chi connectivity index (χ3n) is 3.90. The highest BCUT2D eigenvalue weighted by Crippen LogP contribution is 2.12. The van der Waals surface area contributed by atoms with E-state index in [2.05, 4.69) is 0 Å². The van der Waals surface area contributed by atoms with Crippen molar-refractivity contribution in [3.05, 3.63) is 0 Å². The molecule has 2 heterocycles. The van der Waals surface area contributed by atoms with Crippen molar-refractivity contribution in [2.75, 3.05) is 20.1 Å². The topological polar surface area (TPSA) is 84.9 Å². The van der Waals surface area contributed by atoms with Gasteiger partial charge in [0.1, 0.15) is 0 Å². The van der Waals surface area contributed by atoms with E-state index < -0.39 is 0 Å². The van der Waals surface area contributed by atoms with Gasteiger partial charge in [-0.15, -0.1) is 0 Å². The number of hydrogen-bond acceptors (Lipinski definition) is 3. The van der Waals surface area contributed by atoms with Gasteiger partial charge in [-0.3, -0.25) is 19.3 Å². The van der Waals surface area contributed by atoms with E-state index in [0.717, 1.165) is 18.0 Å². The fourth-order valence-corrected chi connectivity index (χ4v) is 2.70. The first-order chi connectivity index (χ1) is 8.00. The number of likely N-dealkylation sites (tertiary alicyclic amines) is 2. The Labute approximate surface area is 99.7 Å². The van der Waals surface area contributed by atoms with Crippen molar-refractivity contribution in [2.24, 2.45) is 11.7 Å². The molecule has 2 rings (SSSR count). The second-order valence-electron chi connectivity index (χ2n) is 4.88. The van der Waals surface area contributed by atoms with E-state index in [1.165, 1.54) is 11.9 Å². The van der Waals surface area contributed by atoms with Crippen molar-refractivity contribution in [3.8, 4) is 0 Å². The Bertz CT molecular complexity index is 361. The molecule has 0 unspecified atom stereocenters. The van der Waals surface area contributed by atoms with Gasteiger partial charge in [0.15, 0.2) is 6.04 Å². The molecule has 0 aromatic heterocycles. The minimum Gasteiger partial charge on any atom is -0.369 e. The van der Waals surface area contributed by atoms with Gasteiger partial charge in [-0.1, -0.05) is 0 Å². The average Bonchev–Trinajstić information content (AvgIpc) is 2.57. The Hall–Kier alpha value is -1.43. The number of likely N-dealkylation sites (N-methyl/N-ethyl adjacent to an activating group) is 1. The van der Waals surface area contributed by atoms with E-state index in [4.69, 9.17) is 5.73 Å². The van der Waals surface area contributed by atoms with E-state index in [9.17, 15) is 14.4 Å². The van der Waals surface area contributed by atoms with Crippen molar-refractivity contribution in [2.45, 2.75) is 25.3 Å². The molecule has 2 fully saturated rings. The van der Waals surface area contributed by atoms with Gasteiger partial charge in [0.05, 0.1) is 19.5 Å². The molecule has 3 N–H and O–H groups in total. The number of hydrogen-bond donors (Lipinski definition) is 2. The Balaban J connectivity index is 1.96. The molecule has 17 heavy (non-hydrogen) atoms. The summed E-state index contributed by atoms with van der Waals surface area (Å²) in [5.41, 5.74) is 5.26. The standard InChI is InChI=1S/C11H17N3O3/c1-13-9(15)6-8(11(13)17)14-4-2-7(3-5-14)10(12)16/h7-8H,2-6H2,1H3,(H2,12,16)/p+1/t8-/m1/s1. The molecule has 2 saturated heterocycles. The summed E-state index contributed by atoms with van der Waals surface area (Å²) in [6, 6.07) is -0.249. The predicted octanol–water partition coefficient (Wildman–Crippen LogP) is -2.48. The van der Waals surface area contributed by atoms with Crippen LogP contribution in [0.1, 0.15) is 19.3 Å². The average molecular weight is 240 g/mol. The number of primary amides is 1. The molecule has 6 nitrogen and oxygen atoms in total. The third-order valence-corrected chi connectivity index (χ3v) is 3.90. The number of nitrogens with two attached hydrogens (primary N) is 1. The molecule has 2 aliphatic rings. The van der Waals surface area contributed by atoms with Crippen molar-refractivity contribution in [1.29, 1.82) is 0 Å². The zero-order chi connectivity index (χ0) is 12.6. The molecule has 0 bridgehead atoms. The van der Waals surface area contributed by atoms with E-state index in [1.54, 1.807) is 0 Å². The van der Waals surface area contributed by atoms with Gasteiger partial charge >= 0.3 is 0 Å². The highest BCUT2D eigenvalue weighted by molar-refractivity contribution is 6.04. The zero-order valence-corrected chi connectivity index (χ0v) is 9.94. The molecule has 0 saturated carbocycles. The van der Waals surface area contributed by atoms with E-state index in [0.29, 0.717) is 19.3 Å². The number of carbonyl (C=O) groups is 3. The molecule has 2 aliphatic heterocycles. The van der Waals surface area contributed by atoms with Crippen LogP contribution in [0.3, 0.4) is 0 Å². The predicted molar refractivity (Wildman–Crippen MR) is 58.8 cm³/mol. The third kappa shape index (κ3) is 2.17. The van der Waals surface area contributed by atoms with Crippen molar-refractivity contribution in [3.63, 3.8) is 0 Å². The highest BCUT2D eigenvalue weighted by Gasteiger charge is 2.44. The van der Waals surface area contributed by atoms with E-state index >= 15 is 0 Å². The Morgan fingerprint density at radius 3 is 2.35 bits per heavy atom. The smallest absolute Gasteiger partial charge is 0.287 e. The molecule has 0 spiro atoms. The lowest BCUT2D eigenvalue weighted by Crippen LogP contribution is -3.17. The van der Waals surface area contributed by atoms with E-state index in [-0.39, 0.29) is 29.7 Å². The molecule has 0 radical (unpaired) electrons. The maximum Gasteiger partial charge on any atom is 0.287 e. The first-order valence-corrected chi connectivity index (χ1v) is 5.95. The van der Waals surface area contributed by atoms with Crippen LogP contribution in [0.15, 0.2) is 0 Å². The van der Waals surface area contributed by atoms with Gasteiger partial charge in [0, 0.05) is 25.8 Å². The SMILES string of the molecule is CN1C(=O)C[C@@H]([NH+]2CCC(C(N)=O)CC2)C1=O. The summed E-state index contributed by atoms with van der Waals surface area (Å²) >= 11 is 0. The number of rotatable bonds is 2. The number of amides is 3. The van der Waals surface area contributed by atoms with Gasteiger partial charge in [-0.25, -0.2) is 0 Å². The van der Waals surface area contributed by atoms with Crippen LogP contribution in [0.4, 0.5) is 0 Å². The lowest BCUT2D eigenvalue weighted by Gasteiger charge is -2.30. The number of imide groups is 1. The fourth-order valence-electron chi connectivity index (χ4n) is 2.70. The first kappa shape index (κ1) is 12.0. The van der Waals surface area contributed by atoms with Crippen molar-refractivity contribution >= 4 is 17.7 Å². The number of quaternary nitrogens is 1. The monoisotopic (exact) mass is 240 g/mol. The largest absolute Gasteiger partial charge is 0.369 e. The lowest BCUT2D eigenvalue weighted by molar-refractivity contribution is -0.920. The maximum atomic E-state index is 11.8. The quantitative estimate of drug-likeness (QED) is 0.524. The van der Waals surface area contributed by atoms with Crippen LogP contribution in [0.5, 0.6) is 0 Å². The number of piperidine rings is 1. The summed E-state index contributed by atoms with van der Waals surface area (Å²) in [6.45, 7) is 1.48. The van der Waals surface area contributed by atoms with Gasteiger partial charge < -0.3 is 10.6 Å². The Morgan fingerprint density at radius 2 is 1.94 bits per heavy atom. The van der Waals surface area contributed by atoms with E-state index in [1.807, 2.05) is 0 Å². The Kier molecular flexibility index (Phi) is 3.15. The van der Waals surface area contributed by atoms with Crippen LogP contribution >= 0.6 is 0 Å². The molecule has 3 amide bonds. The van der Waals surface area contributed by atoms with Crippen LogP contribution in [0, 0.1) is 5.92 Å². The first-order valence-electron chi connectivity index (χ1n) is 5.95. The second kappa shape index (κ2) is 4.44. The summed E-state index contributed by atoms with van der Waals surface area (Å²) in [4.78, 5) is 36.6. The van der Waals surface area contributed by atoms with Gasteiger partial charge in [0.2, 0.25) is 11.8 Å². The molecular weight excluding hydrogens is 222 g/mol. The summed E-state index contributed by atoms with van der Waals surface area (Å²) < 4.78 is 0. The molecule has 6 heteroatoms. The van der Waals surface area contributed by atoms with Crippen molar-refractivity contribution in [1.82, 2.24) is 4.90 Å². The van der Waals surface area contributed by atoms with Crippen LogP contribution < -0.4 is 10.6 Å². The number of carbonyl (C=O) groups excluding carboxylic acids is 3. The van der Waals surface area contributed by atoms with Crippen molar-refractivity contribution < 1.29 is 19.3 Å². The number of nitrogens with zero attached hydrogens (tertiary/aromatic N) is 1. The van der Waals surface area contributed by atoms with Crippen LogP contribution in [-0.2, 0) is 14.4 Å². The molecule has 0 aromatic carbocycles. The summed E-state index contributed by atoms with van der Waals surface area (Å²) in [6.07, 6.45) is 1.73. The van der Waals surface area contributed by atoms with Gasteiger partial charge in [0.25, 0.3) is 5.91 Å². The van der Waals surface area contributed by atoms with Gasteiger partial charge in [-0.2, -0.15) is 0 Å². The summed E-state index contributed by atoms with van der Waals surface area (Å²) in [5, 5.41) is 0. The normalized spacial score (nSPS) is 34.2. The summed E-state index contributed by atoms with van der Waals surface area (Å²) in [5.74, 6) is -0.522. The molecule has 0 aliphatic carbocycles. The lowest BCUT2D eigenvalue weighted by atomic mass is 9.95. The minimum absolute atomic E-state index is 0.0660. The van der Waals surface area contributed by atoms with Crippen LogP contribution in [0.25, 0.3) is 0 Å². The van der Waals surface area contributed by atoms with Crippen LogP contribution in [0.2, 0.25) is 0 Å². The maximum absolute atomic E-state index is 11.8. The molecule has 0 aromatic rings. The molecule has 1 atom stereocenters. The Morgan fingerprint density at radius 1 is 1.35 bits per heavy atom. The van der Waals surface area contributed by atoms with Crippen LogP contribution in [-0.4, -0.2) is 48.8 Å². The second-order valence-corrected chi connectivity index (χ2v) is 4.88. The molecule has 94 valence electrons. The number of nitrogens with one attached hydrogen (secondary N) is 1.